The first kappa shape index (κ1) is 22.8. The number of pyridine rings is 1. The van der Waals surface area contributed by atoms with Crippen molar-refractivity contribution in [3.63, 3.8) is 0 Å². The van der Waals surface area contributed by atoms with Crippen LogP contribution in [-0.2, 0) is 11.3 Å². The summed E-state index contributed by atoms with van der Waals surface area (Å²) in [7, 11) is 1.56. The molecule has 0 saturated carbocycles. The van der Waals surface area contributed by atoms with Crippen molar-refractivity contribution in [3.8, 4) is 28.3 Å². The quantitative estimate of drug-likeness (QED) is 0.427. The fourth-order valence-corrected chi connectivity index (χ4v) is 3.72. The Morgan fingerprint density at radius 3 is 2.65 bits per heavy atom. The molecule has 2 aromatic heterocycles. The Morgan fingerprint density at radius 2 is 1.91 bits per heavy atom. The van der Waals surface area contributed by atoms with E-state index in [0.29, 0.717) is 39.2 Å². The van der Waals surface area contributed by atoms with E-state index < -0.39 is 0 Å². The standard InChI is InChI=1S/C26H24N4O4/c1-16(2)28-24(32)14-30-25(19-5-4-6-21(10-19)34-3)29-23-8-7-18(11-22(23)26(30)33)20-9-17(15-31)12-27-13-20/h4-13,15-16H,14H2,1-3H3,(H,28,32). The molecule has 0 unspecified atom stereocenters. The molecule has 0 atom stereocenters. The molecule has 1 amide bonds. The average Bonchev–Trinajstić information content (AvgIpc) is 2.85. The zero-order valence-electron chi connectivity index (χ0n) is 19.1. The lowest BCUT2D eigenvalue weighted by atomic mass is 10.0. The monoisotopic (exact) mass is 456 g/mol. The van der Waals surface area contributed by atoms with Crippen LogP contribution in [0.25, 0.3) is 33.4 Å². The highest BCUT2D eigenvalue weighted by Crippen LogP contribution is 2.26. The highest BCUT2D eigenvalue weighted by molar-refractivity contribution is 5.87. The third-order valence-electron chi connectivity index (χ3n) is 5.26. The first-order chi connectivity index (χ1) is 16.4. The van der Waals surface area contributed by atoms with E-state index in [4.69, 9.17) is 9.72 Å². The van der Waals surface area contributed by atoms with E-state index in [0.717, 1.165) is 11.8 Å². The minimum atomic E-state index is -0.344. The fourth-order valence-electron chi connectivity index (χ4n) is 3.72. The Morgan fingerprint density at radius 1 is 1.09 bits per heavy atom. The largest absolute Gasteiger partial charge is 0.497 e. The minimum absolute atomic E-state index is 0.0684. The zero-order chi connectivity index (χ0) is 24.2. The van der Waals surface area contributed by atoms with Gasteiger partial charge in [0.05, 0.1) is 18.0 Å². The maximum atomic E-state index is 13.6. The molecular weight excluding hydrogens is 432 g/mol. The van der Waals surface area contributed by atoms with Gasteiger partial charge in [0.1, 0.15) is 18.1 Å². The number of methoxy groups -OCH3 is 1. The van der Waals surface area contributed by atoms with Crippen LogP contribution in [0.15, 0.2) is 65.7 Å². The van der Waals surface area contributed by atoms with Crippen LogP contribution in [0.4, 0.5) is 0 Å². The van der Waals surface area contributed by atoms with Crippen molar-refractivity contribution in [2.45, 2.75) is 26.4 Å². The smallest absolute Gasteiger partial charge is 0.262 e. The number of nitrogens with zero attached hydrogens (tertiary/aromatic N) is 3. The second kappa shape index (κ2) is 9.66. The number of carbonyl (C=O) groups is 2. The Hall–Kier alpha value is -4.33. The van der Waals surface area contributed by atoms with Crippen molar-refractivity contribution in [1.82, 2.24) is 19.9 Å². The number of hydrogen-bond donors (Lipinski definition) is 1. The SMILES string of the molecule is COc1cccc(-c2nc3ccc(-c4cncc(C=O)c4)cc3c(=O)n2CC(=O)NC(C)C)c1. The molecule has 4 aromatic rings. The maximum absolute atomic E-state index is 13.6. The van der Waals surface area contributed by atoms with Crippen LogP contribution in [0, 0.1) is 0 Å². The summed E-state index contributed by atoms with van der Waals surface area (Å²) < 4.78 is 6.70. The van der Waals surface area contributed by atoms with Crippen LogP contribution in [0.2, 0.25) is 0 Å². The third kappa shape index (κ3) is 4.71. The van der Waals surface area contributed by atoms with Gasteiger partial charge in [-0.2, -0.15) is 0 Å². The predicted octanol–water partition coefficient (Wildman–Crippen LogP) is 3.47. The second-order valence-electron chi connectivity index (χ2n) is 8.14. The zero-order valence-corrected chi connectivity index (χ0v) is 19.1. The number of aldehydes is 1. The summed E-state index contributed by atoms with van der Waals surface area (Å²) in [5.41, 5.74) is 2.66. The molecule has 34 heavy (non-hydrogen) atoms. The van der Waals surface area contributed by atoms with Crippen LogP contribution in [0.5, 0.6) is 5.75 Å². The van der Waals surface area contributed by atoms with Gasteiger partial charge in [-0.25, -0.2) is 4.98 Å². The molecule has 0 bridgehead atoms. The van der Waals surface area contributed by atoms with Crippen LogP contribution in [0.3, 0.4) is 0 Å². The van der Waals surface area contributed by atoms with Crippen molar-refractivity contribution in [2.24, 2.45) is 0 Å². The molecule has 2 heterocycles. The molecule has 8 heteroatoms. The van der Waals surface area contributed by atoms with Crippen LogP contribution in [-0.4, -0.2) is 39.9 Å². The maximum Gasteiger partial charge on any atom is 0.262 e. The van der Waals surface area contributed by atoms with Crippen molar-refractivity contribution in [2.75, 3.05) is 7.11 Å². The molecule has 0 fully saturated rings. The molecule has 0 spiro atoms. The number of benzene rings is 2. The molecular formula is C26H24N4O4. The van der Waals surface area contributed by atoms with Gasteiger partial charge >= 0.3 is 0 Å². The topological polar surface area (TPSA) is 103 Å². The molecule has 0 aliphatic heterocycles. The average molecular weight is 457 g/mol. The summed E-state index contributed by atoms with van der Waals surface area (Å²) in [6.07, 6.45) is 3.82. The molecule has 2 aromatic carbocycles. The van der Waals surface area contributed by atoms with Crippen molar-refractivity contribution < 1.29 is 14.3 Å². The van der Waals surface area contributed by atoms with Gasteiger partial charge in [-0.15, -0.1) is 0 Å². The number of ether oxygens (including phenoxy) is 1. The second-order valence-corrected chi connectivity index (χ2v) is 8.14. The number of aromatic nitrogens is 3. The number of rotatable bonds is 7. The van der Waals surface area contributed by atoms with E-state index in [9.17, 15) is 14.4 Å². The van der Waals surface area contributed by atoms with E-state index in [2.05, 4.69) is 10.3 Å². The lowest BCUT2D eigenvalue weighted by Gasteiger charge is -2.16. The van der Waals surface area contributed by atoms with Crippen molar-refractivity contribution in [1.29, 1.82) is 0 Å². The van der Waals surface area contributed by atoms with Gasteiger partial charge in [0, 0.05) is 35.1 Å². The Balaban J connectivity index is 1.91. The number of nitrogens with one attached hydrogen (secondary N) is 1. The van der Waals surface area contributed by atoms with E-state index >= 15 is 0 Å². The third-order valence-corrected chi connectivity index (χ3v) is 5.26. The molecule has 4 rings (SSSR count). The molecule has 1 N–H and O–H groups in total. The van der Waals surface area contributed by atoms with Crippen molar-refractivity contribution in [3.05, 3.63) is 76.8 Å². The molecule has 172 valence electrons. The normalized spacial score (nSPS) is 10.9. The van der Waals surface area contributed by atoms with Crippen molar-refractivity contribution >= 4 is 23.1 Å². The van der Waals surface area contributed by atoms with Gasteiger partial charge in [0.25, 0.3) is 5.56 Å². The van der Waals surface area contributed by atoms with Gasteiger partial charge in [0.15, 0.2) is 6.29 Å². The predicted molar refractivity (Wildman–Crippen MR) is 130 cm³/mol. The highest BCUT2D eigenvalue weighted by Gasteiger charge is 2.17. The molecule has 0 aliphatic rings. The van der Waals surface area contributed by atoms with Crippen LogP contribution in [0.1, 0.15) is 24.2 Å². The summed E-state index contributed by atoms with van der Waals surface area (Å²) >= 11 is 0. The Kier molecular flexibility index (Phi) is 6.49. The molecule has 0 radical (unpaired) electrons. The minimum Gasteiger partial charge on any atom is -0.497 e. The summed E-state index contributed by atoms with van der Waals surface area (Å²) in [6.45, 7) is 3.53. The Bertz CT molecular complexity index is 1440. The van der Waals surface area contributed by atoms with Gasteiger partial charge in [0.2, 0.25) is 5.91 Å². The summed E-state index contributed by atoms with van der Waals surface area (Å²) in [5.74, 6) is 0.692. The summed E-state index contributed by atoms with van der Waals surface area (Å²) in [5, 5.41) is 3.18. The summed E-state index contributed by atoms with van der Waals surface area (Å²) in [4.78, 5) is 46.2. The van der Waals surface area contributed by atoms with Gasteiger partial charge in [-0.05, 0) is 49.7 Å². The molecule has 8 nitrogen and oxygen atoms in total. The lowest BCUT2D eigenvalue weighted by Crippen LogP contribution is -2.37. The first-order valence-corrected chi connectivity index (χ1v) is 10.8. The lowest BCUT2D eigenvalue weighted by molar-refractivity contribution is -0.122. The van der Waals surface area contributed by atoms with E-state index in [1.165, 1.54) is 10.8 Å². The number of amides is 1. The number of fused-ring (bicyclic) bond motifs is 1. The number of carbonyl (C=O) groups excluding carboxylic acids is 2. The molecule has 0 aliphatic carbocycles. The van der Waals surface area contributed by atoms with Gasteiger partial charge in [-0.1, -0.05) is 18.2 Å². The van der Waals surface area contributed by atoms with Gasteiger partial charge in [-0.3, -0.25) is 23.9 Å². The van der Waals surface area contributed by atoms with E-state index in [1.807, 2.05) is 26.0 Å². The summed E-state index contributed by atoms with van der Waals surface area (Å²) in [6, 6.07) is 14.1. The van der Waals surface area contributed by atoms with Crippen LogP contribution < -0.4 is 15.6 Å². The van der Waals surface area contributed by atoms with E-state index in [-0.39, 0.29) is 24.1 Å². The Labute approximate surface area is 196 Å². The number of hydrogen-bond acceptors (Lipinski definition) is 6. The van der Waals surface area contributed by atoms with E-state index in [1.54, 1.807) is 49.7 Å². The van der Waals surface area contributed by atoms with Crippen LogP contribution >= 0.6 is 0 Å². The highest BCUT2D eigenvalue weighted by atomic mass is 16.5. The fraction of sp³-hybridized carbons (Fsp3) is 0.192. The van der Waals surface area contributed by atoms with Gasteiger partial charge < -0.3 is 10.1 Å². The molecule has 0 saturated heterocycles. The first-order valence-electron chi connectivity index (χ1n) is 10.8.